The Kier molecular flexibility index (Phi) is 5.48. The molecule has 1 atom stereocenters. The van der Waals surface area contributed by atoms with E-state index >= 15 is 0 Å². The summed E-state index contributed by atoms with van der Waals surface area (Å²) < 4.78 is 17.6. The average Bonchev–Trinajstić information content (AvgIpc) is 2.78. The van der Waals surface area contributed by atoms with Crippen molar-refractivity contribution in [3.8, 4) is 11.5 Å². The Morgan fingerprint density at radius 3 is 2.52 bits per heavy atom. The maximum Gasteiger partial charge on any atom is 0.251 e. The second kappa shape index (κ2) is 7.14. The third-order valence-electron chi connectivity index (χ3n) is 3.90. The highest BCUT2D eigenvalue weighted by atomic mass is 16.7. The monoisotopic (exact) mass is 293 g/mol. The zero-order chi connectivity index (χ0) is 15.3. The molecule has 0 aromatic heterocycles. The predicted molar refractivity (Wildman–Crippen MR) is 84.1 cm³/mol. The molecule has 118 valence electrons. The molecule has 4 heteroatoms. The van der Waals surface area contributed by atoms with Crippen LogP contribution < -0.4 is 9.47 Å². The van der Waals surface area contributed by atoms with Crippen molar-refractivity contribution in [1.29, 1.82) is 0 Å². The molecule has 0 bridgehead atoms. The van der Waals surface area contributed by atoms with Gasteiger partial charge in [-0.05, 0) is 37.7 Å². The van der Waals surface area contributed by atoms with E-state index in [0.717, 1.165) is 44.2 Å². The molecule has 0 N–H and O–H groups in total. The van der Waals surface area contributed by atoms with Crippen LogP contribution in [0.1, 0.15) is 32.8 Å². The van der Waals surface area contributed by atoms with E-state index in [-0.39, 0.29) is 0 Å². The van der Waals surface area contributed by atoms with Crippen molar-refractivity contribution in [2.45, 2.75) is 39.9 Å². The highest BCUT2D eigenvalue weighted by molar-refractivity contribution is 5.45. The van der Waals surface area contributed by atoms with Gasteiger partial charge in [0.1, 0.15) is 0 Å². The Hall–Kier alpha value is -1.26. The van der Waals surface area contributed by atoms with Crippen LogP contribution in [-0.4, -0.2) is 43.5 Å². The van der Waals surface area contributed by atoms with Gasteiger partial charge in [0, 0.05) is 19.9 Å². The van der Waals surface area contributed by atoms with E-state index in [4.69, 9.17) is 14.2 Å². The molecule has 1 heterocycles. The fourth-order valence-electron chi connectivity index (χ4n) is 2.46. The molecule has 2 rings (SSSR count). The van der Waals surface area contributed by atoms with Crippen LogP contribution in [0.25, 0.3) is 0 Å². The number of aryl methyl sites for hydroxylation is 1. The van der Waals surface area contributed by atoms with Gasteiger partial charge in [0.05, 0.1) is 13.2 Å². The first-order valence-corrected chi connectivity index (χ1v) is 7.85. The van der Waals surface area contributed by atoms with Gasteiger partial charge < -0.3 is 19.1 Å². The molecule has 0 fully saturated rings. The lowest BCUT2D eigenvalue weighted by Gasteiger charge is -2.23. The largest absolute Gasteiger partial charge is 0.449 e. The van der Waals surface area contributed by atoms with Crippen LogP contribution >= 0.6 is 0 Å². The van der Waals surface area contributed by atoms with Gasteiger partial charge in [-0.3, -0.25) is 0 Å². The van der Waals surface area contributed by atoms with Gasteiger partial charge in [0.15, 0.2) is 11.5 Å². The highest BCUT2D eigenvalue weighted by Gasteiger charge is 2.36. The van der Waals surface area contributed by atoms with Gasteiger partial charge in [-0.15, -0.1) is 0 Å². The molecule has 1 aliphatic rings. The van der Waals surface area contributed by atoms with E-state index < -0.39 is 5.79 Å². The molecule has 0 radical (unpaired) electrons. The van der Waals surface area contributed by atoms with Crippen LogP contribution in [0, 0.1) is 6.92 Å². The second-order valence-corrected chi connectivity index (χ2v) is 5.68. The minimum atomic E-state index is -0.606. The quantitative estimate of drug-likeness (QED) is 0.689. The molecule has 0 amide bonds. The van der Waals surface area contributed by atoms with Crippen molar-refractivity contribution in [1.82, 2.24) is 4.90 Å². The number of rotatable bonds is 8. The summed E-state index contributed by atoms with van der Waals surface area (Å²) in [7, 11) is 0. The Balaban J connectivity index is 1.72. The van der Waals surface area contributed by atoms with Crippen molar-refractivity contribution in [2.75, 3.05) is 32.8 Å². The lowest BCUT2D eigenvalue weighted by molar-refractivity contribution is -0.0841. The minimum Gasteiger partial charge on any atom is -0.449 e. The van der Waals surface area contributed by atoms with Gasteiger partial charge in [0.2, 0.25) is 0 Å². The summed E-state index contributed by atoms with van der Waals surface area (Å²) in [6.45, 7) is 12.9. The first-order valence-electron chi connectivity index (χ1n) is 7.85. The number of hydrogen-bond donors (Lipinski definition) is 0. The van der Waals surface area contributed by atoms with E-state index in [2.05, 4.69) is 25.7 Å². The molecule has 1 unspecified atom stereocenters. The maximum absolute atomic E-state index is 5.93. The lowest BCUT2D eigenvalue weighted by Crippen LogP contribution is -2.36. The van der Waals surface area contributed by atoms with Crippen molar-refractivity contribution >= 4 is 0 Å². The fourth-order valence-corrected chi connectivity index (χ4v) is 2.46. The van der Waals surface area contributed by atoms with Crippen molar-refractivity contribution < 1.29 is 14.2 Å². The number of likely N-dealkylation sites (N-methyl/N-ethyl adjacent to an activating group) is 1. The Morgan fingerprint density at radius 2 is 1.81 bits per heavy atom. The Labute approximate surface area is 128 Å². The average molecular weight is 293 g/mol. The third-order valence-corrected chi connectivity index (χ3v) is 3.90. The van der Waals surface area contributed by atoms with Crippen molar-refractivity contribution in [3.05, 3.63) is 23.8 Å². The van der Waals surface area contributed by atoms with Crippen molar-refractivity contribution in [3.63, 3.8) is 0 Å². The molecule has 4 nitrogen and oxygen atoms in total. The summed E-state index contributed by atoms with van der Waals surface area (Å²) in [5.74, 6) is 1.05. The SMILES string of the molecule is CCN(CC)CCOCCC1(C)Oc2ccc(C)cc2O1. The van der Waals surface area contributed by atoms with Crippen LogP contribution in [-0.2, 0) is 4.74 Å². The maximum atomic E-state index is 5.93. The van der Waals surface area contributed by atoms with Crippen LogP contribution in [0.5, 0.6) is 11.5 Å². The molecule has 21 heavy (non-hydrogen) atoms. The van der Waals surface area contributed by atoms with Crippen LogP contribution in [0.4, 0.5) is 0 Å². The van der Waals surface area contributed by atoms with E-state index in [1.54, 1.807) is 0 Å². The molecule has 0 saturated carbocycles. The van der Waals surface area contributed by atoms with E-state index in [0.29, 0.717) is 6.61 Å². The normalized spacial score (nSPS) is 20.2. The number of nitrogens with zero attached hydrogens (tertiary/aromatic N) is 1. The summed E-state index contributed by atoms with van der Waals surface area (Å²) in [6.07, 6.45) is 0.721. The standard InChI is InChI=1S/C17H27NO3/c1-5-18(6-2)10-12-19-11-9-17(4)20-15-8-7-14(3)13-16(15)21-17/h7-8,13H,5-6,9-12H2,1-4H3. The number of hydrogen-bond acceptors (Lipinski definition) is 4. The second-order valence-electron chi connectivity index (χ2n) is 5.68. The van der Waals surface area contributed by atoms with Gasteiger partial charge in [-0.2, -0.15) is 0 Å². The predicted octanol–water partition coefficient (Wildman–Crippen LogP) is 3.23. The van der Waals surface area contributed by atoms with Gasteiger partial charge >= 0.3 is 0 Å². The first kappa shape index (κ1) is 16.1. The minimum absolute atomic E-state index is 0.606. The van der Waals surface area contributed by atoms with Gasteiger partial charge in [-0.1, -0.05) is 19.9 Å². The van der Waals surface area contributed by atoms with E-state index in [1.165, 1.54) is 5.56 Å². The summed E-state index contributed by atoms with van der Waals surface area (Å²) in [4.78, 5) is 2.35. The van der Waals surface area contributed by atoms with Crippen LogP contribution in [0.3, 0.4) is 0 Å². The Bertz CT molecular complexity index is 459. The molecular weight excluding hydrogens is 266 g/mol. The third kappa shape index (κ3) is 4.35. The Morgan fingerprint density at radius 1 is 1.10 bits per heavy atom. The summed E-state index contributed by atoms with van der Waals surface area (Å²) in [5, 5.41) is 0. The molecule has 1 aliphatic heterocycles. The van der Waals surface area contributed by atoms with E-state index in [1.807, 2.05) is 25.1 Å². The van der Waals surface area contributed by atoms with Crippen LogP contribution in [0.15, 0.2) is 18.2 Å². The molecule has 1 aromatic carbocycles. The zero-order valence-electron chi connectivity index (χ0n) is 13.6. The molecule has 0 spiro atoms. The first-order chi connectivity index (χ1) is 10.1. The molecular formula is C17H27NO3. The van der Waals surface area contributed by atoms with Gasteiger partial charge in [0.25, 0.3) is 5.79 Å². The molecule has 1 aromatic rings. The summed E-state index contributed by atoms with van der Waals surface area (Å²) in [5.41, 5.74) is 1.18. The summed E-state index contributed by atoms with van der Waals surface area (Å²) >= 11 is 0. The lowest BCUT2D eigenvalue weighted by atomic mass is 10.2. The number of fused-ring (bicyclic) bond motifs is 1. The van der Waals surface area contributed by atoms with E-state index in [9.17, 15) is 0 Å². The van der Waals surface area contributed by atoms with Crippen molar-refractivity contribution in [2.24, 2.45) is 0 Å². The summed E-state index contributed by atoms with van der Waals surface area (Å²) in [6, 6.07) is 6.02. The van der Waals surface area contributed by atoms with Crippen LogP contribution in [0.2, 0.25) is 0 Å². The zero-order valence-corrected chi connectivity index (χ0v) is 13.6. The smallest absolute Gasteiger partial charge is 0.251 e. The highest BCUT2D eigenvalue weighted by Crippen LogP contribution is 2.40. The number of ether oxygens (including phenoxy) is 3. The number of benzene rings is 1. The topological polar surface area (TPSA) is 30.9 Å². The molecule has 0 aliphatic carbocycles. The molecule has 0 saturated heterocycles. The van der Waals surface area contributed by atoms with Gasteiger partial charge in [-0.25, -0.2) is 0 Å². The fraction of sp³-hybridized carbons (Fsp3) is 0.647.